The van der Waals surface area contributed by atoms with Crippen LogP contribution in [-0.2, 0) is 19.0 Å². The SMILES string of the molecule is CCOC(=O)c1cc(OCC(=O)NC(C)COC)cc(C(=O)OCC)c1. The van der Waals surface area contributed by atoms with E-state index in [0.717, 1.165) is 0 Å². The molecule has 1 amide bonds. The minimum Gasteiger partial charge on any atom is -0.484 e. The molecule has 1 aromatic carbocycles. The van der Waals surface area contributed by atoms with Gasteiger partial charge in [0, 0.05) is 13.2 Å². The minimum absolute atomic E-state index is 0.139. The maximum absolute atomic E-state index is 12.0. The van der Waals surface area contributed by atoms with Gasteiger partial charge in [-0.2, -0.15) is 0 Å². The molecule has 0 aliphatic heterocycles. The average Bonchev–Trinajstić information content (AvgIpc) is 2.60. The molecule has 0 heterocycles. The molecule has 1 N–H and O–H groups in total. The van der Waals surface area contributed by atoms with Gasteiger partial charge in [0.25, 0.3) is 5.91 Å². The lowest BCUT2D eigenvalue weighted by atomic mass is 10.1. The predicted octanol–water partition coefficient (Wildman–Crippen LogP) is 1.57. The van der Waals surface area contributed by atoms with Crippen LogP contribution in [0.2, 0.25) is 0 Å². The topological polar surface area (TPSA) is 100 Å². The zero-order valence-corrected chi connectivity index (χ0v) is 15.5. The van der Waals surface area contributed by atoms with E-state index in [1.165, 1.54) is 25.3 Å². The fraction of sp³-hybridized carbons (Fsp3) is 0.500. The summed E-state index contributed by atoms with van der Waals surface area (Å²) in [7, 11) is 1.54. The van der Waals surface area contributed by atoms with Gasteiger partial charge in [-0.05, 0) is 39.0 Å². The second kappa shape index (κ2) is 11.1. The summed E-state index contributed by atoms with van der Waals surface area (Å²) in [5, 5.41) is 2.69. The maximum atomic E-state index is 12.0. The van der Waals surface area contributed by atoms with Crippen LogP contribution >= 0.6 is 0 Å². The first-order valence-electron chi connectivity index (χ1n) is 8.31. The van der Waals surface area contributed by atoms with Gasteiger partial charge in [0.05, 0.1) is 30.9 Å². The number of methoxy groups -OCH3 is 1. The fourth-order valence-corrected chi connectivity index (χ4v) is 2.10. The Bertz CT molecular complexity index is 594. The van der Waals surface area contributed by atoms with Crippen molar-refractivity contribution in [3.63, 3.8) is 0 Å². The van der Waals surface area contributed by atoms with Crippen LogP contribution in [-0.4, -0.2) is 57.4 Å². The third-order valence-corrected chi connectivity index (χ3v) is 3.12. The van der Waals surface area contributed by atoms with Gasteiger partial charge in [0.2, 0.25) is 0 Å². The number of esters is 2. The van der Waals surface area contributed by atoms with Crippen molar-refractivity contribution in [2.75, 3.05) is 33.5 Å². The molecule has 0 saturated heterocycles. The second-order valence-electron chi connectivity index (χ2n) is 5.40. The largest absolute Gasteiger partial charge is 0.484 e. The van der Waals surface area contributed by atoms with Crippen LogP contribution in [0.3, 0.4) is 0 Å². The summed E-state index contributed by atoms with van der Waals surface area (Å²) in [6.45, 7) is 5.63. The van der Waals surface area contributed by atoms with Crippen LogP contribution in [0.5, 0.6) is 5.75 Å². The molecular weight excluding hydrogens is 342 g/mol. The summed E-state index contributed by atoms with van der Waals surface area (Å²) in [6.07, 6.45) is 0. The van der Waals surface area contributed by atoms with Gasteiger partial charge < -0.3 is 24.3 Å². The Hall–Kier alpha value is -2.61. The van der Waals surface area contributed by atoms with Crippen molar-refractivity contribution in [3.8, 4) is 5.75 Å². The summed E-state index contributed by atoms with van der Waals surface area (Å²) >= 11 is 0. The van der Waals surface area contributed by atoms with E-state index in [9.17, 15) is 14.4 Å². The number of hydrogen-bond acceptors (Lipinski definition) is 7. The second-order valence-corrected chi connectivity index (χ2v) is 5.40. The van der Waals surface area contributed by atoms with E-state index in [1.54, 1.807) is 20.8 Å². The molecule has 0 aromatic heterocycles. The third-order valence-electron chi connectivity index (χ3n) is 3.12. The van der Waals surface area contributed by atoms with E-state index in [1.807, 2.05) is 0 Å². The molecule has 0 aliphatic carbocycles. The Balaban J connectivity index is 2.89. The molecule has 0 bridgehead atoms. The standard InChI is InChI=1S/C18H25NO7/c1-5-24-17(21)13-7-14(18(22)25-6-2)9-15(8-13)26-11-16(20)19-12(3)10-23-4/h7-9,12H,5-6,10-11H2,1-4H3,(H,19,20). The highest BCUT2D eigenvalue weighted by molar-refractivity contribution is 5.96. The molecule has 0 radical (unpaired) electrons. The summed E-state index contributed by atoms with van der Waals surface area (Å²) in [5.41, 5.74) is 0.279. The Morgan fingerprint density at radius 2 is 1.54 bits per heavy atom. The lowest BCUT2D eigenvalue weighted by Crippen LogP contribution is -2.38. The minimum atomic E-state index is -0.596. The van der Waals surface area contributed by atoms with Crippen molar-refractivity contribution in [2.45, 2.75) is 26.8 Å². The van der Waals surface area contributed by atoms with Gasteiger partial charge in [-0.3, -0.25) is 4.79 Å². The van der Waals surface area contributed by atoms with Crippen LogP contribution in [0.15, 0.2) is 18.2 Å². The van der Waals surface area contributed by atoms with Crippen molar-refractivity contribution < 1.29 is 33.3 Å². The van der Waals surface area contributed by atoms with E-state index >= 15 is 0 Å². The number of amides is 1. The molecule has 8 heteroatoms. The van der Waals surface area contributed by atoms with E-state index in [2.05, 4.69) is 5.32 Å². The summed E-state index contributed by atoms with van der Waals surface area (Å²) in [4.78, 5) is 35.8. The van der Waals surface area contributed by atoms with Crippen molar-refractivity contribution >= 4 is 17.8 Å². The van der Waals surface area contributed by atoms with E-state index < -0.39 is 11.9 Å². The van der Waals surface area contributed by atoms with Crippen LogP contribution in [0.25, 0.3) is 0 Å². The quantitative estimate of drug-likeness (QED) is 0.627. The van der Waals surface area contributed by atoms with Crippen LogP contribution in [0.4, 0.5) is 0 Å². The molecule has 1 atom stereocenters. The third kappa shape index (κ3) is 7.10. The average molecular weight is 367 g/mol. The van der Waals surface area contributed by atoms with E-state index in [4.69, 9.17) is 18.9 Å². The number of carbonyl (C=O) groups excluding carboxylic acids is 3. The number of carbonyl (C=O) groups is 3. The highest BCUT2D eigenvalue weighted by Gasteiger charge is 2.16. The van der Waals surface area contributed by atoms with E-state index in [-0.39, 0.29) is 48.6 Å². The monoisotopic (exact) mass is 367 g/mol. The van der Waals surface area contributed by atoms with E-state index in [0.29, 0.717) is 6.61 Å². The first-order chi connectivity index (χ1) is 12.4. The van der Waals surface area contributed by atoms with Gasteiger partial charge in [0.1, 0.15) is 5.75 Å². The molecule has 1 rings (SSSR count). The molecule has 8 nitrogen and oxygen atoms in total. The Morgan fingerprint density at radius 3 is 2.00 bits per heavy atom. The Labute approximate surface area is 152 Å². The van der Waals surface area contributed by atoms with Gasteiger partial charge in [-0.25, -0.2) is 9.59 Å². The van der Waals surface area contributed by atoms with Gasteiger partial charge in [-0.1, -0.05) is 0 Å². The zero-order chi connectivity index (χ0) is 19.5. The molecule has 1 unspecified atom stereocenters. The van der Waals surface area contributed by atoms with Crippen molar-refractivity contribution in [1.29, 1.82) is 0 Å². The molecule has 0 saturated carbocycles. The smallest absolute Gasteiger partial charge is 0.338 e. The first-order valence-corrected chi connectivity index (χ1v) is 8.31. The molecule has 26 heavy (non-hydrogen) atoms. The Morgan fingerprint density at radius 1 is 1.00 bits per heavy atom. The molecule has 0 aliphatic rings. The molecule has 0 spiro atoms. The molecular formula is C18H25NO7. The number of benzene rings is 1. The van der Waals surface area contributed by atoms with Crippen LogP contribution in [0.1, 0.15) is 41.5 Å². The number of hydrogen-bond donors (Lipinski definition) is 1. The number of ether oxygens (including phenoxy) is 4. The lowest BCUT2D eigenvalue weighted by Gasteiger charge is -2.14. The number of rotatable bonds is 10. The van der Waals surface area contributed by atoms with Gasteiger partial charge in [-0.15, -0.1) is 0 Å². The predicted molar refractivity (Wildman–Crippen MR) is 93.3 cm³/mol. The fourth-order valence-electron chi connectivity index (χ4n) is 2.10. The molecule has 1 aromatic rings. The highest BCUT2D eigenvalue weighted by atomic mass is 16.5. The number of nitrogens with one attached hydrogen (secondary N) is 1. The first kappa shape index (κ1) is 21.4. The molecule has 0 fully saturated rings. The summed E-state index contributed by atoms with van der Waals surface area (Å²) in [5.74, 6) is -1.36. The summed E-state index contributed by atoms with van der Waals surface area (Å²) < 4.78 is 20.2. The van der Waals surface area contributed by atoms with Crippen molar-refractivity contribution in [3.05, 3.63) is 29.3 Å². The molecule has 144 valence electrons. The highest BCUT2D eigenvalue weighted by Crippen LogP contribution is 2.19. The zero-order valence-electron chi connectivity index (χ0n) is 15.5. The van der Waals surface area contributed by atoms with Gasteiger partial charge >= 0.3 is 11.9 Å². The summed E-state index contributed by atoms with van der Waals surface area (Å²) in [6, 6.07) is 4.01. The Kier molecular flexibility index (Phi) is 9.14. The van der Waals surface area contributed by atoms with Crippen LogP contribution < -0.4 is 10.1 Å². The normalized spacial score (nSPS) is 11.4. The van der Waals surface area contributed by atoms with Crippen molar-refractivity contribution in [2.24, 2.45) is 0 Å². The van der Waals surface area contributed by atoms with Crippen LogP contribution in [0, 0.1) is 0 Å². The van der Waals surface area contributed by atoms with Gasteiger partial charge in [0.15, 0.2) is 6.61 Å². The van der Waals surface area contributed by atoms with Crippen molar-refractivity contribution in [1.82, 2.24) is 5.32 Å². The maximum Gasteiger partial charge on any atom is 0.338 e. The lowest BCUT2D eigenvalue weighted by molar-refractivity contribution is -0.124.